The second kappa shape index (κ2) is 10.8. The molecule has 0 aliphatic carbocycles. The van der Waals surface area contributed by atoms with Crippen LogP contribution in [0.3, 0.4) is 0 Å². The largest absolute Gasteiger partial charge is 0.382 e. The number of benzene rings is 1. The third-order valence-electron chi connectivity index (χ3n) is 3.12. The molecule has 2 N–H and O–H groups in total. The van der Waals surface area contributed by atoms with E-state index in [2.05, 4.69) is 31.2 Å². The highest BCUT2D eigenvalue weighted by molar-refractivity contribution is 5.24. The predicted octanol–water partition coefficient (Wildman–Crippen LogP) is 2.32. The molecular weight excluding hydrogens is 254 g/mol. The van der Waals surface area contributed by atoms with E-state index in [1.165, 1.54) is 5.56 Å². The van der Waals surface area contributed by atoms with Crippen LogP contribution in [0.4, 0.5) is 0 Å². The van der Waals surface area contributed by atoms with Gasteiger partial charge in [-0.05, 0) is 24.0 Å². The van der Waals surface area contributed by atoms with E-state index in [1.54, 1.807) is 7.11 Å². The van der Waals surface area contributed by atoms with Crippen LogP contribution < -0.4 is 5.73 Å². The molecule has 0 bridgehead atoms. The Labute approximate surface area is 122 Å². The molecule has 0 spiro atoms. The van der Waals surface area contributed by atoms with E-state index in [0.29, 0.717) is 33.0 Å². The maximum Gasteiger partial charge on any atom is 0.0700 e. The van der Waals surface area contributed by atoms with E-state index >= 15 is 0 Å². The molecule has 0 saturated heterocycles. The van der Waals surface area contributed by atoms with Crippen molar-refractivity contribution in [2.75, 3.05) is 40.1 Å². The predicted molar refractivity (Wildman–Crippen MR) is 80.9 cm³/mol. The third kappa shape index (κ3) is 7.01. The van der Waals surface area contributed by atoms with Crippen molar-refractivity contribution < 1.29 is 14.2 Å². The number of methoxy groups -OCH3 is 1. The number of hydrogen-bond acceptors (Lipinski definition) is 4. The molecule has 0 heterocycles. The van der Waals surface area contributed by atoms with Crippen LogP contribution in [0.1, 0.15) is 30.5 Å². The first-order valence-electron chi connectivity index (χ1n) is 7.26. The van der Waals surface area contributed by atoms with Crippen LogP contribution in [0.15, 0.2) is 24.3 Å². The van der Waals surface area contributed by atoms with E-state index in [0.717, 1.165) is 18.4 Å². The Bertz CT molecular complexity index is 340. The molecule has 20 heavy (non-hydrogen) atoms. The average Bonchev–Trinajstić information content (AvgIpc) is 2.50. The van der Waals surface area contributed by atoms with Crippen LogP contribution in [0.5, 0.6) is 0 Å². The summed E-state index contributed by atoms with van der Waals surface area (Å²) in [4.78, 5) is 0. The molecule has 1 unspecified atom stereocenters. The summed E-state index contributed by atoms with van der Waals surface area (Å²) in [6.45, 7) is 5.34. The molecular formula is C16H27NO3. The Hall–Kier alpha value is -0.940. The fourth-order valence-electron chi connectivity index (χ4n) is 1.81. The quantitative estimate of drug-likeness (QED) is 0.632. The first-order chi connectivity index (χ1) is 9.77. The van der Waals surface area contributed by atoms with E-state index in [1.807, 2.05) is 0 Å². The molecule has 0 fully saturated rings. The van der Waals surface area contributed by atoms with Crippen LogP contribution in [0.25, 0.3) is 0 Å². The summed E-state index contributed by atoms with van der Waals surface area (Å²) in [5.74, 6) is 0. The van der Waals surface area contributed by atoms with Gasteiger partial charge in [0.1, 0.15) is 0 Å². The average molecular weight is 281 g/mol. The first-order valence-corrected chi connectivity index (χ1v) is 7.26. The van der Waals surface area contributed by atoms with E-state index in [4.69, 9.17) is 19.9 Å². The van der Waals surface area contributed by atoms with Crippen molar-refractivity contribution in [1.29, 1.82) is 0 Å². The number of ether oxygens (including phenoxy) is 3. The van der Waals surface area contributed by atoms with Gasteiger partial charge in [-0.1, -0.05) is 31.2 Å². The molecule has 1 aromatic rings. The van der Waals surface area contributed by atoms with Crippen LogP contribution in [-0.4, -0.2) is 40.1 Å². The standard InChI is InChI=1S/C16H27NO3/c1-3-14-5-7-15(8-6-14)16(17)13-20-10-4-9-19-12-11-18-2/h5-8,16H,3-4,9-13,17H2,1-2H3. The van der Waals surface area contributed by atoms with Gasteiger partial charge in [-0.15, -0.1) is 0 Å². The molecule has 4 heteroatoms. The Morgan fingerprint density at radius 2 is 1.70 bits per heavy atom. The van der Waals surface area contributed by atoms with Crippen molar-refractivity contribution in [1.82, 2.24) is 0 Å². The maximum absolute atomic E-state index is 6.09. The molecule has 114 valence electrons. The minimum absolute atomic E-state index is 0.0599. The van der Waals surface area contributed by atoms with Gasteiger partial charge in [-0.25, -0.2) is 0 Å². The lowest BCUT2D eigenvalue weighted by atomic mass is 10.1. The number of nitrogens with two attached hydrogens (primary N) is 1. The summed E-state index contributed by atoms with van der Waals surface area (Å²) in [7, 11) is 1.67. The van der Waals surface area contributed by atoms with Gasteiger partial charge in [0.2, 0.25) is 0 Å². The lowest BCUT2D eigenvalue weighted by Crippen LogP contribution is -2.18. The van der Waals surface area contributed by atoms with Gasteiger partial charge in [0.15, 0.2) is 0 Å². The highest BCUT2D eigenvalue weighted by atomic mass is 16.5. The first kappa shape index (κ1) is 17.1. The highest BCUT2D eigenvalue weighted by Crippen LogP contribution is 2.12. The fourth-order valence-corrected chi connectivity index (χ4v) is 1.81. The molecule has 0 aromatic heterocycles. The minimum Gasteiger partial charge on any atom is -0.382 e. The normalized spacial score (nSPS) is 12.6. The summed E-state index contributed by atoms with van der Waals surface area (Å²) in [6.07, 6.45) is 1.93. The van der Waals surface area contributed by atoms with Gasteiger partial charge in [-0.3, -0.25) is 0 Å². The number of aryl methyl sites for hydroxylation is 1. The SMILES string of the molecule is CCc1ccc(C(N)COCCCOCCOC)cc1. The van der Waals surface area contributed by atoms with Crippen LogP contribution >= 0.6 is 0 Å². The summed E-state index contributed by atoms with van der Waals surface area (Å²) in [5, 5.41) is 0. The minimum atomic E-state index is -0.0599. The lowest BCUT2D eigenvalue weighted by Gasteiger charge is -2.13. The van der Waals surface area contributed by atoms with Gasteiger partial charge in [-0.2, -0.15) is 0 Å². The molecule has 0 radical (unpaired) electrons. The van der Waals surface area contributed by atoms with Crippen molar-refractivity contribution in [3.63, 3.8) is 0 Å². The Balaban J connectivity index is 2.08. The number of rotatable bonds is 11. The van der Waals surface area contributed by atoms with Crippen molar-refractivity contribution in [3.8, 4) is 0 Å². The van der Waals surface area contributed by atoms with Crippen LogP contribution in [0.2, 0.25) is 0 Å². The van der Waals surface area contributed by atoms with Gasteiger partial charge < -0.3 is 19.9 Å². The van der Waals surface area contributed by atoms with Crippen molar-refractivity contribution in [2.45, 2.75) is 25.8 Å². The highest BCUT2D eigenvalue weighted by Gasteiger charge is 2.05. The molecule has 4 nitrogen and oxygen atoms in total. The summed E-state index contributed by atoms with van der Waals surface area (Å²) in [6, 6.07) is 8.36. The van der Waals surface area contributed by atoms with E-state index < -0.39 is 0 Å². The third-order valence-corrected chi connectivity index (χ3v) is 3.12. The van der Waals surface area contributed by atoms with Crippen LogP contribution in [-0.2, 0) is 20.6 Å². The van der Waals surface area contributed by atoms with Gasteiger partial charge >= 0.3 is 0 Å². The van der Waals surface area contributed by atoms with Crippen molar-refractivity contribution in [2.24, 2.45) is 5.73 Å². The van der Waals surface area contributed by atoms with Gasteiger partial charge in [0.25, 0.3) is 0 Å². The molecule has 1 atom stereocenters. The van der Waals surface area contributed by atoms with Gasteiger partial charge in [0, 0.05) is 20.3 Å². The Kier molecular flexibility index (Phi) is 9.24. The molecule has 1 rings (SSSR count). The zero-order chi connectivity index (χ0) is 14.6. The molecule has 0 aliphatic heterocycles. The number of hydrogen-bond donors (Lipinski definition) is 1. The molecule has 1 aromatic carbocycles. The zero-order valence-corrected chi connectivity index (χ0v) is 12.6. The van der Waals surface area contributed by atoms with Crippen molar-refractivity contribution in [3.05, 3.63) is 35.4 Å². The second-order valence-corrected chi connectivity index (χ2v) is 4.74. The summed E-state index contributed by atoms with van der Waals surface area (Å²) in [5.41, 5.74) is 8.55. The lowest BCUT2D eigenvalue weighted by molar-refractivity contribution is 0.0492. The summed E-state index contributed by atoms with van der Waals surface area (Å²) < 4.78 is 15.8. The molecule has 0 saturated carbocycles. The second-order valence-electron chi connectivity index (χ2n) is 4.74. The topological polar surface area (TPSA) is 53.7 Å². The van der Waals surface area contributed by atoms with Gasteiger partial charge in [0.05, 0.1) is 25.9 Å². The van der Waals surface area contributed by atoms with Crippen molar-refractivity contribution >= 4 is 0 Å². The monoisotopic (exact) mass is 281 g/mol. The fraction of sp³-hybridized carbons (Fsp3) is 0.625. The Morgan fingerprint density at radius 1 is 1.00 bits per heavy atom. The van der Waals surface area contributed by atoms with E-state index in [-0.39, 0.29) is 6.04 Å². The van der Waals surface area contributed by atoms with E-state index in [9.17, 15) is 0 Å². The summed E-state index contributed by atoms with van der Waals surface area (Å²) >= 11 is 0. The maximum atomic E-state index is 6.09. The molecule has 0 aliphatic rings. The zero-order valence-electron chi connectivity index (χ0n) is 12.6. The Morgan fingerprint density at radius 3 is 2.35 bits per heavy atom. The smallest absolute Gasteiger partial charge is 0.0700 e. The molecule has 0 amide bonds. The van der Waals surface area contributed by atoms with Crippen LogP contribution in [0, 0.1) is 0 Å².